The SMILES string of the molecule is O=C(Nc1ccc(F)c(F)c1)c1csc(Nc2ncccn2)n1. The van der Waals surface area contributed by atoms with Gasteiger partial charge in [0.15, 0.2) is 16.8 Å². The summed E-state index contributed by atoms with van der Waals surface area (Å²) in [5.41, 5.74) is 0.279. The second-order valence-corrected chi connectivity index (χ2v) is 5.18. The monoisotopic (exact) mass is 333 g/mol. The molecule has 3 aromatic rings. The van der Waals surface area contributed by atoms with E-state index in [-0.39, 0.29) is 11.4 Å². The van der Waals surface area contributed by atoms with Crippen molar-refractivity contribution in [1.29, 1.82) is 0 Å². The summed E-state index contributed by atoms with van der Waals surface area (Å²) in [4.78, 5) is 24.1. The van der Waals surface area contributed by atoms with E-state index in [4.69, 9.17) is 0 Å². The first-order chi connectivity index (χ1) is 11.1. The largest absolute Gasteiger partial charge is 0.321 e. The van der Waals surface area contributed by atoms with E-state index in [1.54, 1.807) is 18.5 Å². The first-order valence-corrected chi connectivity index (χ1v) is 7.26. The molecule has 0 aliphatic rings. The van der Waals surface area contributed by atoms with Crippen LogP contribution < -0.4 is 10.6 Å². The quantitative estimate of drug-likeness (QED) is 0.766. The third-order valence-electron chi connectivity index (χ3n) is 2.70. The summed E-state index contributed by atoms with van der Waals surface area (Å²) >= 11 is 1.19. The van der Waals surface area contributed by atoms with Gasteiger partial charge in [0, 0.05) is 29.5 Å². The Morgan fingerprint density at radius 3 is 2.65 bits per heavy atom. The van der Waals surface area contributed by atoms with Gasteiger partial charge in [-0.25, -0.2) is 23.7 Å². The number of amides is 1. The van der Waals surface area contributed by atoms with Crippen molar-refractivity contribution in [3.05, 3.63) is 59.4 Å². The van der Waals surface area contributed by atoms with Crippen LogP contribution in [-0.4, -0.2) is 20.9 Å². The van der Waals surface area contributed by atoms with Crippen LogP contribution in [-0.2, 0) is 0 Å². The molecular weight excluding hydrogens is 324 g/mol. The number of carbonyl (C=O) groups excluding carboxylic acids is 1. The second-order valence-electron chi connectivity index (χ2n) is 4.32. The Labute approximate surface area is 133 Å². The number of halogens is 2. The van der Waals surface area contributed by atoms with Crippen LogP contribution in [0, 0.1) is 11.6 Å². The minimum Gasteiger partial charge on any atom is -0.321 e. The van der Waals surface area contributed by atoms with E-state index >= 15 is 0 Å². The lowest BCUT2D eigenvalue weighted by Gasteiger charge is -2.03. The van der Waals surface area contributed by atoms with Gasteiger partial charge >= 0.3 is 0 Å². The lowest BCUT2D eigenvalue weighted by Crippen LogP contribution is -2.12. The first-order valence-electron chi connectivity index (χ1n) is 6.38. The molecule has 0 spiro atoms. The predicted octanol–water partition coefficient (Wildman–Crippen LogP) is 3.21. The van der Waals surface area contributed by atoms with E-state index in [0.717, 1.165) is 12.1 Å². The molecule has 0 atom stereocenters. The lowest BCUT2D eigenvalue weighted by molar-refractivity contribution is 0.102. The average molecular weight is 333 g/mol. The molecule has 0 saturated carbocycles. The molecule has 0 bridgehead atoms. The lowest BCUT2D eigenvalue weighted by atomic mass is 10.3. The zero-order chi connectivity index (χ0) is 16.2. The summed E-state index contributed by atoms with van der Waals surface area (Å²) < 4.78 is 26.0. The highest BCUT2D eigenvalue weighted by Gasteiger charge is 2.13. The number of rotatable bonds is 4. The highest BCUT2D eigenvalue weighted by atomic mass is 32.1. The fraction of sp³-hybridized carbons (Fsp3) is 0. The summed E-state index contributed by atoms with van der Waals surface area (Å²) in [6.45, 7) is 0. The van der Waals surface area contributed by atoms with Gasteiger partial charge in [0.25, 0.3) is 5.91 Å². The molecule has 2 heterocycles. The number of aromatic nitrogens is 3. The first kappa shape index (κ1) is 15.0. The fourth-order valence-corrected chi connectivity index (χ4v) is 2.35. The molecule has 9 heteroatoms. The van der Waals surface area contributed by atoms with Gasteiger partial charge in [-0.15, -0.1) is 11.3 Å². The Bertz CT molecular complexity index is 840. The standard InChI is InChI=1S/C14H9F2N5OS/c15-9-3-2-8(6-10(9)16)19-12(22)11-7-23-14(20-11)21-13-17-4-1-5-18-13/h1-7H,(H,19,22)(H,17,18,20,21). The number of nitrogens with zero attached hydrogens (tertiary/aromatic N) is 3. The molecule has 3 rings (SSSR count). The number of benzene rings is 1. The van der Waals surface area contributed by atoms with E-state index in [1.165, 1.54) is 22.8 Å². The molecule has 0 aliphatic heterocycles. The summed E-state index contributed by atoms with van der Waals surface area (Å²) in [5, 5.41) is 7.26. The summed E-state index contributed by atoms with van der Waals surface area (Å²) in [7, 11) is 0. The summed E-state index contributed by atoms with van der Waals surface area (Å²) in [5.74, 6) is -2.20. The van der Waals surface area contributed by atoms with Crippen LogP contribution in [0.3, 0.4) is 0 Å². The third kappa shape index (κ3) is 3.64. The van der Waals surface area contributed by atoms with Crippen molar-refractivity contribution in [2.75, 3.05) is 10.6 Å². The molecule has 1 amide bonds. The zero-order valence-electron chi connectivity index (χ0n) is 11.5. The Balaban J connectivity index is 1.69. The molecule has 23 heavy (non-hydrogen) atoms. The number of thiazole rings is 1. The van der Waals surface area contributed by atoms with Crippen LogP contribution in [0.25, 0.3) is 0 Å². The molecule has 0 aliphatic carbocycles. The minimum absolute atomic E-state index is 0.137. The van der Waals surface area contributed by atoms with Crippen molar-refractivity contribution in [1.82, 2.24) is 15.0 Å². The van der Waals surface area contributed by atoms with Gasteiger partial charge in [-0.1, -0.05) is 0 Å². The highest BCUT2D eigenvalue weighted by molar-refractivity contribution is 7.14. The molecular formula is C14H9F2N5OS. The maximum atomic E-state index is 13.1. The van der Waals surface area contributed by atoms with Crippen LogP contribution in [0.15, 0.2) is 42.0 Å². The Kier molecular flexibility index (Phi) is 4.20. The van der Waals surface area contributed by atoms with Crippen molar-refractivity contribution in [2.24, 2.45) is 0 Å². The smallest absolute Gasteiger partial charge is 0.275 e. The minimum atomic E-state index is -1.04. The number of nitrogens with one attached hydrogen (secondary N) is 2. The molecule has 1 aromatic carbocycles. The number of hydrogen-bond donors (Lipinski definition) is 2. The van der Waals surface area contributed by atoms with Crippen LogP contribution in [0.1, 0.15) is 10.5 Å². The van der Waals surface area contributed by atoms with E-state index in [1.807, 2.05) is 0 Å². The summed E-state index contributed by atoms with van der Waals surface area (Å²) in [6, 6.07) is 4.77. The van der Waals surface area contributed by atoms with Crippen LogP contribution in [0.2, 0.25) is 0 Å². The number of anilines is 3. The molecule has 0 radical (unpaired) electrons. The molecule has 2 N–H and O–H groups in total. The molecule has 0 fully saturated rings. The molecule has 2 aromatic heterocycles. The van der Waals surface area contributed by atoms with E-state index in [9.17, 15) is 13.6 Å². The maximum Gasteiger partial charge on any atom is 0.275 e. The van der Waals surface area contributed by atoms with E-state index in [2.05, 4.69) is 25.6 Å². The van der Waals surface area contributed by atoms with Gasteiger partial charge in [-0.05, 0) is 18.2 Å². The van der Waals surface area contributed by atoms with Crippen molar-refractivity contribution < 1.29 is 13.6 Å². The second kappa shape index (κ2) is 6.44. The highest BCUT2D eigenvalue weighted by Crippen LogP contribution is 2.20. The van der Waals surface area contributed by atoms with Crippen molar-refractivity contribution in [2.45, 2.75) is 0 Å². The Hall–Kier alpha value is -2.94. The van der Waals surface area contributed by atoms with E-state index in [0.29, 0.717) is 11.1 Å². The molecule has 116 valence electrons. The number of hydrogen-bond acceptors (Lipinski definition) is 6. The Morgan fingerprint density at radius 2 is 1.91 bits per heavy atom. The van der Waals surface area contributed by atoms with Crippen molar-refractivity contribution in [3.8, 4) is 0 Å². The third-order valence-corrected chi connectivity index (χ3v) is 3.46. The van der Waals surface area contributed by atoms with Gasteiger partial charge in [-0.3, -0.25) is 4.79 Å². The maximum absolute atomic E-state index is 13.1. The van der Waals surface area contributed by atoms with E-state index < -0.39 is 17.5 Å². The van der Waals surface area contributed by atoms with Crippen molar-refractivity contribution >= 4 is 34.0 Å². The van der Waals surface area contributed by atoms with Crippen LogP contribution in [0.4, 0.5) is 25.5 Å². The van der Waals surface area contributed by atoms with Gasteiger partial charge in [0.05, 0.1) is 0 Å². The fourth-order valence-electron chi connectivity index (χ4n) is 1.66. The Morgan fingerprint density at radius 1 is 1.13 bits per heavy atom. The van der Waals surface area contributed by atoms with Crippen LogP contribution in [0.5, 0.6) is 0 Å². The van der Waals surface area contributed by atoms with Gasteiger partial charge in [-0.2, -0.15) is 0 Å². The average Bonchev–Trinajstić information content (AvgIpc) is 3.00. The van der Waals surface area contributed by atoms with Crippen molar-refractivity contribution in [3.63, 3.8) is 0 Å². The predicted molar refractivity (Wildman–Crippen MR) is 81.7 cm³/mol. The normalized spacial score (nSPS) is 10.3. The van der Waals surface area contributed by atoms with Gasteiger partial charge < -0.3 is 10.6 Å². The summed E-state index contributed by atoms with van der Waals surface area (Å²) in [6.07, 6.45) is 3.14. The zero-order valence-corrected chi connectivity index (χ0v) is 12.3. The molecule has 6 nitrogen and oxygen atoms in total. The number of carbonyl (C=O) groups is 1. The topological polar surface area (TPSA) is 79.8 Å². The molecule has 0 saturated heterocycles. The molecule has 0 unspecified atom stereocenters. The van der Waals surface area contributed by atoms with Crippen LogP contribution >= 0.6 is 11.3 Å². The van der Waals surface area contributed by atoms with Gasteiger partial charge in [0.1, 0.15) is 5.69 Å². The van der Waals surface area contributed by atoms with Gasteiger partial charge in [0.2, 0.25) is 5.95 Å².